The van der Waals surface area contributed by atoms with Crippen molar-refractivity contribution in [2.75, 3.05) is 33.0 Å². The van der Waals surface area contributed by atoms with Crippen LogP contribution in [-0.4, -0.2) is 49.3 Å². The number of rotatable bonds is 4. The van der Waals surface area contributed by atoms with Crippen molar-refractivity contribution in [3.05, 3.63) is 17.7 Å². The summed E-state index contributed by atoms with van der Waals surface area (Å²) >= 11 is 0. The van der Waals surface area contributed by atoms with Crippen molar-refractivity contribution < 1.29 is 19.4 Å². The van der Waals surface area contributed by atoms with Crippen LogP contribution in [0, 0.1) is 5.92 Å². The monoisotopic (exact) mass is 294 g/mol. The van der Waals surface area contributed by atoms with Crippen LogP contribution in [0.15, 0.2) is 12.1 Å². The van der Waals surface area contributed by atoms with Gasteiger partial charge in [0.15, 0.2) is 11.5 Å². The lowest BCUT2D eigenvalue weighted by atomic mass is 10.0. The number of nitrogens with two attached hydrogens (primary N) is 1. The van der Waals surface area contributed by atoms with E-state index in [1.54, 1.807) is 24.0 Å². The lowest BCUT2D eigenvalue weighted by molar-refractivity contribution is 0.0763. The van der Waals surface area contributed by atoms with Gasteiger partial charge in [-0.2, -0.15) is 0 Å². The number of carbonyl (C=O) groups excluding carboxylic acids is 1. The molecule has 1 saturated heterocycles. The van der Waals surface area contributed by atoms with Crippen LogP contribution in [0.25, 0.3) is 0 Å². The summed E-state index contributed by atoms with van der Waals surface area (Å²) in [5, 5.41) is 9.63. The zero-order valence-corrected chi connectivity index (χ0v) is 12.6. The van der Waals surface area contributed by atoms with Crippen molar-refractivity contribution in [1.29, 1.82) is 0 Å². The number of benzene rings is 1. The first-order chi connectivity index (χ1) is 9.97. The Balaban J connectivity index is 2.24. The summed E-state index contributed by atoms with van der Waals surface area (Å²) in [5.41, 5.74) is 6.71. The zero-order chi connectivity index (χ0) is 15.6. The minimum atomic E-state index is -0.412. The Morgan fingerprint density at radius 1 is 1.38 bits per heavy atom. The second-order valence-corrected chi connectivity index (χ2v) is 5.33. The molecule has 1 aromatic carbocycles. The minimum Gasteiger partial charge on any atom is -0.493 e. The number of aliphatic hydroxyl groups is 1. The number of nitrogen functional groups attached to an aromatic ring is 1. The van der Waals surface area contributed by atoms with Crippen LogP contribution in [0.5, 0.6) is 11.5 Å². The predicted octanol–water partition coefficient (Wildman–Crippen LogP) is 1.13. The summed E-state index contributed by atoms with van der Waals surface area (Å²) in [7, 11) is 3.04. The number of nitrogens with zero attached hydrogens (tertiary/aromatic N) is 1. The number of aliphatic hydroxyl groups excluding tert-OH is 1. The fourth-order valence-electron chi connectivity index (χ4n) is 2.62. The van der Waals surface area contributed by atoms with Crippen LogP contribution in [-0.2, 0) is 0 Å². The van der Waals surface area contributed by atoms with E-state index in [0.29, 0.717) is 35.8 Å². The maximum absolute atomic E-state index is 12.6. The van der Waals surface area contributed by atoms with Crippen LogP contribution in [0.2, 0.25) is 0 Å². The highest BCUT2D eigenvalue weighted by atomic mass is 16.5. The molecule has 6 nitrogen and oxygen atoms in total. The van der Waals surface area contributed by atoms with Crippen molar-refractivity contribution in [3.8, 4) is 11.5 Å². The van der Waals surface area contributed by atoms with Crippen molar-refractivity contribution >= 4 is 11.6 Å². The molecule has 0 saturated carbocycles. The van der Waals surface area contributed by atoms with E-state index < -0.39 is 6.10 Å². The Labute approximate surface area is 124 Å². The average Bonchev–Trinajstić information content (AvgIpc) is 2.96. The van der Waals surface area contributed by atoms with Crippen LogP contribution >= 0.6 is 0 Å². The Hall–Kier alpha value is -1.95. The fraction of sp³-hybridized carbons (Fsp3) is 0.533. The van der Waals surface area contributed by atoms with Crippen molar-refractivity contribution in [3.63, 3.8) is 0 Å². The van der Waals surface area contributed by atoms with Gasteiger partial charge in [0.25, 0.3) is 5.91 Å². The molecular weight excluding hydrogens is 272 g/mol. The first-order valence-corrected chi connectivity index (χ1v) is 6.96. The number of anilines is 1. The molecule has 1 fully saturated rings. The molecule has 3 N–H and O–H groups in total. The summed E-state index contributed by atoms with van der Waals surface area (Å²) in [4.78, 5) is 14.3. The van der Waals surface area contributed by atoms with E-state index in [4.69, 9.17) is 15.2 Å². The van der Waals surface area contributed by atoms with Gasteiger partial charge in [-0.25, -0.2) is 0 Å². The second-order valence-electron chi connectivity index (χ2n) is 5.33. The third kappa shape index (κ3) is 3.05. The van der Waals surface area contributed by atoms with Gasteiger partial charge in [0, 0.05) is 30.8 Å². The molecule has 2 unspecified atom stereocenters. The van der Waals surface area contributed by atoms with Gasteiger partial charge < -0.3 is 25.2 Å². The third-order valence-corrected chi connectivity index (χ3v) is 3.98. The predicted molar refractivity (Wildman–Crippen MR) is 79.6 cm³/mol. The highest BCUT2D eigenvalue weighted by Crippen LogP contribution is 2.33. The molecule has 1 aliphatic rings. The molecule has 0 radical (unpaired) electrons. The van der Waals surface area contributed by atoms with Gasteiger partial charge in [-0.3, -0.25) is 4.79 Å². The van der Waals surface area contributed by atoms with Crippen LogP contribution in [0.1, 0.15) is 23.7 Å². The molecule has 1 aliphatic heterocycles. The first-order valence-electron chi connectivity index (χ1n) is 6.96. The number of amides is 1. The molecule has 21 heavy (non-hydrogen) atoms. The standard InChI is InChI=1S/C15H22N2O4/c1-9(18)10-4-5-17(8-10)15(19)11-6-13(20-2)14(21-3)7-12(11)16/h6-7,9-10,18H,4-5,8,16H2,1-3H3. The number of ether oxygens (including phenoxy) is 2. The van der Waals surface area contributed by atoms with Crippen molar-refractivity contribution in [2.24, 2.45) is 5.92 Å². The second kappa shape index (κ2) is 6.22. The number of hydrogen-bond acceptors (Lipinski definition) is 5. The van der Waals surface area contributed by atoms with E-state index in [0.717, 1.165) is 6.42 Å². The molecular formula is C15H22N2O4. The number of carbonyl (C=O) groups is 1. The van der Waals surface area contributed by atoms with Gasteiger partial charge in [-0.15, -0.1) is 0 Å². The lowest BCUT2D eigenvalue weighted by Gasteiger charge is -2.19. The summed E-state index contributed by atoms with van der Waals surface area (Å²) in [5.74, 6) is 0.947. The van der Waals surface area contributed by atoms with Crippen LogP contribution < -0.4 is 15.2 Å². The van der Waals surface area contributed by atoms with Crippen LogP contribution in [0.4, 0.5) is 5.69 Å². The molecule has 6 heteroatoms. The van der Waals surface area contributed by atoms with E-state index in [2.05, 4.69) is 0 Å². The van der Waals surface area contributed by atoms with Gasteiger partial charge in [0.1, 0.15) is 0 Å². The molecule has 2 atom stereocenters. The molecule has 2 rings (SSSR count). The third-order valence-electron chi connectivity index (χ3n) is 3.98. The van der Waals surface area contributed by atoms with Gasteiger partial charge >= 0.3 is 0 Å². The SMILES string of the molecule is COc1cc(N)c(C(=O)N2CCC(C(C)O)C2)cc1OC. The van der Waals surface area contributed by atoms with E-state index in [1.165, 1.54) is 14.2 Å². The van der Waals surface area contributed by atoms with Crippen molar-refractivity contribution in [2.45, 2.75) is 19.4 Å². The summed E-state index contributed by atoms with van der Waals surface area (Å²) in [6.45, 7) is 2.93. The topological polar surface area (TPSA) is 85.0 Å². The molecule has 0 bridgehead atoms. The smallest absolute Gasteiger partial charge is 0.256 e. The first kappa shape index (κ1) is 15.4. The molecule has 0 aliphatic carbocycles. The number of methoxy groups -OCH3 is 2. The molecule has 116 valence electrons. The van der Waals surface area contributed by atoms with Crippen LogP contribution in [0.3, 0.4) is 0 Å². The Morgan fingerprint density at radius 2 is 2.00 bits per heavy atom. The maximum Gasteiger partial charge on any atom is 0.256 e. The molecule has 1 aromatic rings. The Kier molecular flexibility index (Phi) is 4.57. The van der Waals surface area contributed by atoms with E-state index in [-0.39, 0.29) is 11.8 Å². The largest absolute Gasteiger partial charge is 0.493 e. The number of hydrogen-bond donors (Lipinski definition) is 2. The van der Waals surface area contributed by atoms with E-state index in [9.17, 15) is 9.90 Å². The molecule has 0 spiro atoms. The van der Waals surface area contributed by atoms with Gasteiger partial charge in [-0.1, -0.05) is 0 Å². The normalized spacial score (nSPS) is 19.4. The van der Waals surface area contributed by atoms with E-state index >= 15 is 0 Å². The average molecular weight is 294 g/mol. The van der Waals surface area contributed by atoms with Gasteiger partial charge in [0.05, 0.1) is 25.9 Å². The van der Waals surface area contributed by atoms with Gasteiger partial charge in [-0.05, 0) is 19.4 Å². The Morgan fingerprint density at radius 3 is 2.52 bits per heavy atom. The highest BCUT2D eigenvalue weighted by Gasteiger charge is 2.30. The fourth-order valence-corrected chi connectivity index (χ4v) is 2.62. The zero-order valence-electron chi connectivity index (χ0n) is 12.6. The molecule has 1 heterocycles. The van der Waals surface area contributed by atoms with E-state index in [1.807, 2.05) is 0 Å². The summed E-state index contributed by atoms with van der Waals surface area (Å²) in [6.07, 6.45) is 0.391. The Bertz CT molecular complexity index is 531. The molecule has 0 aromatic heterocycles. The molecule has 1 amide bonds. The van der Waals surface area contributed by atoms with Gasteiger partial charge in [0.2, 0.25) is 0 Å². The lowest BCUT2D eigenvalue weighted by Crippen LogP contribution is -2.31. The highest BCUT2D eigenvalue weighted by molar-refractivity contribution is 6.00. The maximum atomic E-state index is 12.6. The minimum absolute atomic E-state index is 0.121. The van der Waals surface area contributed by atoms with Crippen molar-refractivity contribution in [1.82, 2.24) is 4.90 Å². The number of likely N-dealkylation sites (tertiary alicyclic amines) is 1. The quantitative estimate of drug-likeness (QED) is 0.813. The summed E-state index contributed by atoms with van der Waals surface area (Å²) in [6, 6.07) is 3.19. The summed E-state index contributed by atoms with van der Waals surface area (Å²) < 4.78 is 10.4.